The van der Waals surface area contributed by atoms with Crippen molar-refractivity contribution < 1.29 is 4.89 Å². The fraction of sp³-hybridized carbons (Fsp3) is 1.00. The fourth-order valence-corrected chi connectivity index (χ4v) is 0. The Bertz CT molecular complexity index is 75.6. The monoisotopic (exact) mass is 142 g/mol. The van der Waals surface area contributed by atoms with Crippen molar-refractivity contribution >= 4 is 28.7 Å². The summed E-state index contributed by atoms with van der Waals surface area (Å²) in [6.45, 7) is 1.69. The molecule has 0 bridgehead atoms. The summed E-state index contributed by atoms with van der Waals surface area (Å²) in [5, 5.41) is 0. The van der Waals surface area contributed by atoms with Crippen molar-refractivity contribution in [2.45, 2.75) is 0 Å². The van der Waals surface area contributed by atoms with Gasteiger partial charge in [0.25, 0.3) is 0 Å². The van der Waals surface area contributed by atoms with Crippen LogP contribution in [0.15, 0.2) is 0 Å². The highest BCUT2D eigenvalue weighted by Crippen LogP contribution is 2.48. The van der Waals surface area contributed by atoms with E-state index < -0.39 is 5.47 Å². The minimum absolute atomic E-state index is 1.36. The van der Waals surface area contributed by atoms with Crippen molar-refractivity contribution in [3.8, 4) is 0 Å². The molecule has 1 nitrogen and oxygen atoms in total. The molecular formula is C2H7OPS2. The number of hydrogen-bond donors (Lipinski definition) is 1. The minimum atomic E-state index is -1.90. The molecule has 0 aromatic heterocycles. The Morgan fingerprint density at radius 3 is 2.00 bits per heavy atom. The lowest BCUT2D eigenvalue weighted by Gasteiger charge is -1.99. The summed E-state index contributed by atoms with van der Waals surface area (Å²) in [6.07, 6.45) is 1.82. The van der Waals surface area contributed by atoms with Gasteiger partial charge in [-0.3, -0.25) is 0 Å². The molecule has 1 atom stereocenters. The van der Waals surface area contributed by atoms with Crippen LogP contribution in [0.3, 0.4) is 0 Å². The standard InChI is InChI=1S/C2H7OPS2/c1-4(3,5)6-2/h1-2H3,(H,3,5). The second kappa shape index (κ2) is 2.31. The molecule has 0 amide bonds. The summed E-state index contributed by atoms with van der Waals surface area (Å²) in [6, 6.07) is 0. The molecular weight excluding hydrogens is 135 g/mol. The second-order valence-corrected chi connectivity index (χ2v) is 9.01. The molecule has 0 aromatic rings. The van der Waals surface area contributed by atoms with E-state index >= 15 is 0 Å². The minimum Gasteiger partial charge on any atom is -0.357 e. The average Bonchev–Trinajstić information content (AvgIpc) is 1.35. The normalized spacial score (nSPS) is 19.8. The number of rotatable bonds is 1. The van der Waals surface area contributed by atoms with E-state index in [0.29, 0.717) is 0 Å². The maximum Gasteiger partial charge on any atom is 0.113 e. The van der Waals surface area contributed by atoms with E-state index in [0.717, 1.165) is 0 Å². The van der Waals surface area contributed by atoms with Gasteiger partial charge in [0.15, 0.2) is 0 Å². The van der Waals surface area contributed by atoms with E-state index in [-0.39, 0.29) is 0 Å². The van der Waals surface area contributed by atoms with Crippen LogP contribution in [0.25, 0.3) is 0 Å². The van der Waals surface area contributed by atoms with Crippen molar-refractivity contribution in [2.75, 3.05) is 12.9 Å². The van der Waals surface area contributed by atoms with Crippen LogP contribution >= 0.6 is 16.8 Å². The molecule has 0 saturated carbocycles. The largest absolute Gasteiger partial charge is 0.357 e. The summed E-state index contributed by atoms with van der Waals surface area (Å²) >= 11 is 5.98. The van der Waals surface area contributed by atoms with Gasteiger partial charge in [-0.2, -0.15) is 0 Å². The van der Waals surface area contributed by atoms with Crippen LogP contribution in [0.5, 0.6) is 0 Å². The Kier molecular flexibility index (Phi) is 2.68. The summed E-state index contributed by atoms with van der Waals surface area (Å²) in [5.74, 6) is 0. The van der Waals surface area contributed by atoms with Gasteiger partial charge in [0.1, 0.15) is 5.47 Å². The summed E-state index contributed by atoms with van der Waals surface area (Å²) in [4.78, 5) is 8.72. The van der Waals surface area contributed by atoms with Gasteiger partial charge in [-0.05, 0) is 12.9 Å². The van der Waals surface area contributed by atoms with E-state index in [2.05, 4.69) is 11.8 Å². The van der Waals surface area contributed by atoms with E-state index in [1.807, 2.05) is 6.26 Å². The first kappa shape index (κ1) is 6.96. The second-order valence-electron chi connectivity index (χ2n) is 0.986. The Balaban J connectivity index is 3.48. The van der Waals surface area contributed by atoms with Crippen LogP contribution in [0.4, 0.5) is 0 Å². The van der Waals surface area contributed by atoms with E-state index in [1.165, 1.54) is 11.4 Å². The smallest absolute Gasteiger partial charge is 0.113 e. The van der Waals surface area contributed by atoms with Gasteiger partial charge in [0.05, 0.1) is 0 Å². The highest BCUT2D eigenvalue weighted by Gasteiger charge is 1.96. The highest BCUT2D eigenvalue weighted by atomic mass is 32.9. The predicted molar refractivity (Wildman–Crippen MR) is 35.9 cm³/mol. The van der Waals surface area contributed by atoms with Crippen LogP contribution < -0.4 is 0 Å². The molecule has 38 valence electrons. The molecule has 0 aliphatic rings. The van der Waals surface area contributed by atoms with Crippen molar-refractivity contribution in [2.24, 2.45) is 0 Å². The SMILES string of the molecule is CSP(C)(O)=S. The quantitative estimate of drug-likeness (QED) is 0.557. The molecule has 0 aliphatic heterocycles. The molecule has 1 unspecified atom stereocenters. The summed E-state index contributed by atoms with van der Waals surface area (Å²) in [5.41, 5.74) is -1.90. The predicted octanol–water partition coefficient (Wildman–Crippen LogP) is 1.28. The Labute approximate surface area is 47.0 Å². The number of hydrogen-bond acceptors (Lipinski definition) is 2. The van der Waals surface area contributed by atoms with Gasteiger partial charge in [-0.15, -0.1) is 11.4 Å². The van der Waals surface area contributed by atoms with Gasteiger partial charge in [-0.25, -0.2) is 0 Å². The lowest BCUT2D eigenvalue weighted by Crippen LogP contribution is -1.59. The summed E-state index contributed by atoms with van der Waals surface area (Å²) < 4.78 is 0. The zero-order valence-corrected chi connectivity index (χ0v) is 6.24. The topological polar surface area (TPSA) is 20.2 Å². The molecule has 0 aromatic carbocycles. The lowest BCUT2D eigenvalue weighted by atomic mass is 12.0. The van der Waals surface area contributed by atoms with Crippen LogP contribution in [0, 0.1) is 0 Å². The summed E-state index contributed by atoms with van der Waals surface area (Å²) in [7, 11) is 0. The first-order chi connectivity index (χ1) is 2.56. The third-order valence-corrected chi connectivity index (χ3v) is 4.39. The first-order valence-electron chi connectivity index (χ1n) is 1.42. The van der Waals surface area contributed by atoms with E-state index in [1.54, 1.807) is 6.66 Å². The zero-order chi connectivity index (χ0) is 5.21. The zero-order valence-electron chi connectivity index (χ0n) is 3.71. The van der Waals surface area contributed by atoms with Crippen molar-refractivity contribution in [3.63, 3.8) is 0 Å². The molecule has 0 rings (SSSR count). The van der Waals surface area contributed by atoms with Crippen LogP contribution in [0.1, 0.15) is 0 Å². The van der Waals surface area contributed by atoms with Crippen molar-refractivity contribution in [1.82, 2.24) is 0 Å². The van der Waals surface area contributed by atoms with Gasteiger partial charge >= 0.3 is 0 Å². The third-order valence-electron chi connectivity index (χ3n) is 0.339. The molecule has 0 heterocycles. The molecule has 0 spiro atoms. The van der Waals surface area contributed by atoms with E-state index in [9.17, 15) is 0 Å². The van der Waals surface area contributed by atoms with Crippen LogP contribution in [-0.2, 0) is 11.8 Å². The lowest BCUT2D eigenvalue weighted by molar-refractivity contribution is 0.645. The van der Waals surface area contributed by atoms with E-state index in [4.69, 9.17) is 4.89 Å². The first-order valence-corrected chi connectivity index (χ1v) is 6.45. The Morgan fingerprint density at radius 1 is 1.83 bits per heavy atom. The highest BCUT2D eigenvalue weighted by molar-refractivity contribution is 8.68. The molecule has 1 N–H and O–H groups in total. The maximum absolute atomic E-state index is 8.72. The van der Waals surface area contributed by atoms with Crippen molar-refractivity contribution in [3.05, 3.63) is 0 Å². The fourth-order valence-electron chi connectivity index (χ4n) is 0. The van der Waals surface area contributed by atoms with Gasteiger partial charge in [-0.1, -0.05) is 11.8 Å². The molecule has 4 heteroatoms. The molecule has 0 fully saturated rings. The molecule has 0 saturated heterocycles. The Hall–Kier alpha value is 0.960. The van der Waals surface area contributed by atoms with Crippen LogP contribution in [-0.4, -0.2) is 17.8 Å². The molecule has 6 heavy (non-hydrogen) atoms. The third kappa shape index (κ3) is 4.96. The maximum atomic E-state index is 8.72. The average molecular weight is 142 g/mol. The van der Waals surface area contributed by atoms with Crippen molar-refractivity contribution in [1.29, 1.82) is 0 Å². The van der Waals surface area contributed by atoms with Gasteiger partial charge in [0.2, 0.25) is 0 Å². The molecule has 0 radical (unpaired) electrons. The van der Waals surface area contributed by atoms with Gasteiger partial charge in [0, 0.05) is 0 Å². The molecule has 0 aliphatic carbocycles. The van der Waals surface area contributed by atoms with Crippen LogP contribution in [0.2, 0.25) is 0 Å². The Morgan fingerprint density at radius 2 is 2.00 bits per heavy atom. The van der Waals surface area contributed by atoms with Gasteiger partial charge < -0.3 is 4.89 Å².